The topological polar surface area (TPSA) is 106 Å². The molecule has 0 aliphatic rings. The summed E-state index contributed by atoms with van der Waals surface area (Å²) in [6.07, 6.45) is 1.27. The van der Waals surface area contributed by atoms with Gasteiger partial charge in [-0.2, -0.15) is 0 Å². The van der Waals surface area contributed by atoms with E-state index >= 15 is 0 Å². The van der Waals surface area contributed by atoms with Gasteiger partial charge in [0.25, 0.3) is 0 Å². The highest BCUT2D eigenvalue weighted by molar-refractivity contribution is 7.22. The van der Waals surface area contributed by atoms with Crippen LogP contribution in [0.4, 0.5) is 22.5 Å². The predicted octanol–water partition coefficient (Wildman–Crippen LogP) is 5.31. The molecular weight excluding hydrogens is 412 g/mol. The van der Waals surface area contributed by atoms with Crippen molar-refractivity contribution in [2.24, 2.45) is 0 Å². The Kier molecular flexibility index (Phi) is 5.24. The van der Waals surface area contributed by atoms with Crippen molar-refractivity contribution in [3.8, 4) is 0 Å². The molecule has 2 N–H and O–H groups in total. The summed E-state index contributed by atoms with van der Waals surface area (Å²) in [5.41, 5.74) is 2.44. The molecule has 146 valence electrons. The second-order valence-corrected chi connectivity index (χ2v) is 7.63. The monoisotopic (exact) mass is 426 g/mol. The van der Waals surface area contributed by atoms with Crippen LogP contribution in [-0.2, 0) is 6.54 Å². The molecule has 8 nitrogen and oxygen atoms in total. The molecule has 2 aromatic carbocycles. The van der Waals surface area contributed by atoms with Crippen LogP contribution in [0.15, 0.2) is 48.8 Å². The maximum absolute atomic E-state index is 11.7. The van der Waals surface area contributed by atoms with Gasteiger partial charge in [0.2, 0.25) is 11.6 Å². The van der Waals surface area contributed by atoms with Gasteiger partial charge in [0.15, 0.2) is 5.13 Å². The Balaban J connectivity index is 1.64. The first-order chi connectivity index (χ1) is 14.0. The van der Waals surface area contributed by atoms with E-state index in [1.54, 1.807) is 6.07 Å². The molecule has 2 aromatic heterocycles. The minimum absolute atomic E-state index is 0.0726. The number of hydrogen-bond acceptors (Lipinski definition) is 8. The number of fused-ring (bicyclic) bond motifs is 1. The van der Waals surface area contributed by atoms with Crippen LogP contribution in [0.25, 0.3) is 10.2 Å². The van der Waals surface area contributed by atoms with E-state index in [2.05, 4.69) is 25.6 Å². The van der Waals surface area contributed by atoms with E-state index in [-0.39, 0.29) is 23.9 Å². The minimum Gasteiger partial charge on any atom is -0.360 e. The Labute approximate surface area is 174 Å². The fraction of sp³-hybridized carbons (Fsp3) is 0.105. The fourth-order valence-corrected chi connectivity index (χ4v) is 3.98. The Hall–Kier alpha value is -3.30. The zero-order valence-electron chi connectivity index (χ0n) is 15.2. The van der Waals surface area contributed by atoms with Crippen molar-refractivity contribution in [1.29, 1.82) is 0 Å². The lowest BCUT2D eigenvalue weighted by Crippen LogP contribution is -2.08. The molecule has 2 heterocycles. The molecule has 29 heavy (non-hydrogen) atoms. The first-order valence-electron chi connectivity index (χ1n) is 8.63. The van der Waals surface area contributed by atoms with Gasteiger partial charge in [-0.1, -0.05) is 53.3 Å². The highest BCUT2D eigenvalue weighted by atomic mass is 35.5. The molecule has 0 saturated carbocycles. The van der Waals surface area contributed by atoms with Crippen molar-refractivity contribution in [1.82, 2.24) is 15.0 Å². The highest BCUT2D eigenvalue weighted by Crippen LogP contribution is 2.35. The number of aryl methyl sites for hydroxylation is 1. The molecule has 0 spiro atoms. The molecule has 4 rings (SSSR count). The second kappa shape index (κ2) is 7.98. The van der Waals surface area contributed by atoms with E-state index in [0.717, 1.165) is 21.3 Å². The van der Waals surface area contributed by atoms with Crippen molar-refractivity contribution >= 4 is 55.6 Å². The number of nitrogens with zero attached hydrogens (tertiary/aromatic N) is 4. The molecule has 0 bridgehead atoms. The summed E-state index contributed by atoms with van der Waals surface area (Å²) in [5.74, 6) is 0.174. The first kappa shape index (κ1) is 19.0. The fourth-order valence-electron chi connectivity index (χ4n) is 2.83. The number of nitrogens with one attached hydrogen (secondary N) is 2. The SMILES string of the molecule is Cc1cccc2sc(Nc3ncnc(NCc4ccccc4Cl)c3[N+](=O)[O-])nc12. The van der Waals surface area contributed by atoms with Gasteiger partial charge < -0.3 is 10.6 Å². The standard InChI is InChI=1S/C19H15ClN6O2S/c1-11-5-4-8-14-15(11)24-19(29-14)25-18-16(26(27)28)17(22-10-23-18)21-9-12-6-2-3-7-13(12)20/h2-8,10H,9H2,1H3,(H2,21,22,23,24,25). The van der Waals surface area contributed by atoms with Gasteiger partial charge in [-0.3, -0.25) is 10.1 Å². The van der Waals surface area contributed by atoms with Gasteiger partial charge in [-0.05, 0) is 30.2 Å². The maximum atomic E-state index is 11.7. The molecule has 0 amide bonds. The smallest absolute Gasteiger partial charge is 0.353 e. The van der Waals surface area contributed by atoms with Crippen LogP contribution in [0.1, 0.15) is 11.1 Å². The highest BCUT2D eigenvalue weighted by Gasteiger charge is 2.24. The van der Waals surface area contributed by atoms with Gasteiger partial charge in [0, 0.05) is 11.6 Å². The van der Waals surface area contributed by atoms with E-state index < -0.39 is 4.92 Å². The molecule has 0 saturated heterocycles. The Morgan fingerprint density at radius 3 is 2.69 bits per heavy atom. The zero-order chi connectivity index (χ0) is 20.4. The molecular formula is C19H15ClN6O2S. The summed E-state index contributed by atoms with van der Waals surface area (Å²) in [5, 5.41) is 18.8. The number of nitro groups is 1. The van der Waals surface area contributed by atoms with Gasteiger partial charge in [-0.15, -0.1) is 0 Å². The number of benzene rings is 2. The average molecular weight is 427 g/mol. The Morgan fingerprint density at radius 2 is 1.93 bits per heavy atom. The van der Waals surface area contributed by atoms with Crippen LogP contribution in [0.3, 0.4) is 0 Å². The lowest BCUT2D eigenvalue weighted by Gasteiger charge is -2.09. The molecule has 0 radical (unpaired) electrons. The summed E-state index contributed by atoms with van der Waals surface area (Å²) < 4.78 is 0.987. The first-order valence-corrected chi connectivity index (χ1v) is 9.82. The Bertz CT molecular complexity index is 1210. The summed E-state index contributed by atoms with van der Waals surface area (Å²) in [7, 11) is 0. The number of rotatable bonds is 6. The lowest BCUT2D eigenvalue weighted by molar-refractivity contribution is -0.383. The van der Waals surface area contributed by atoms with Crippen molar-refractivity contribution in [2.75, 3.05) is 10.6 Å². The molecule has 0 aliphatic carbocycles. The molecule has 0 atom stereocenters. The average Bonchev–Trinajstić information content (AvgIpc) is 3.11. The van der Waals surface area contributed by atoms with Gasteiger partial charge in [0.1, 0.15) is 6.33 Å². The van der Waals surface area contributed by atoms with Crippen molar-refractivity contribution in [2.45, 2.75) is 13.5 Å². The number of anilines is 3. The van der Waals surface area contributed by atoms with Crippen LogP contribution < -0.4 is 10.6 Å². The predicted molar refractivity (Wildman–Crippen MR) is 115 cm³/mol. The van der Waals surface area contributed by atoms with Gasteiger partial charge >= 0.3 is 5.69 Å². The summed E-state index contributed by atoms with van der Waals surface area (Å²) in [6, 6.07) is 13.1. The minimum atomic E-state index is -0.518. The van der Waals surface area contributed by atoms with E-state index in [1.807, 2.05) is 43.3 Å². The van der Waals surface area contributed by atoms with Crippen molar-refractivity contribution in [3.63, 3.8) is 0 Å². The number of hydrogen-bond donors (Lipinski definition) is 2. The van der Waals surface area contributed by atoms with E-state index in [9.17, 15) is 10.1 Å². The van der Waals surface area contributed by atoms with Crippen molar-refractivity contribution in [3.05, 3.63) is 75.1 Å². The maximum Gasteiger partial charge on any atom is 0.353 e. The molecule has 0 aliphatic heterocycles. The summed E-state index contributed by atoms with van der Waals surface area (Å²) in [4.78, 5) is 23.8. The number of thiazole rings is 1. The molecule has 0 unspecified atom stereocenters. The molecule has 10 heteroatoms. The Morgan fingerprint density at radius 1 is 1.14 bits per heavy atom. The molecule has 4 aromatic rings. The quantitative estimate of drug-likeness (QED) is 0.317. The van der Waals surface area contributed by atoms with Gasteiger partial charge in [-0.25, -0.2) is 15.0 Å². The van der Waals surface area contributed by atoms with Crippen LogP contribution in [-0.4, -0.2) is 19.9 Å². The third-order valence-corrected chi connectivity index (χ3v) is 5.56. The largest absolute Gasteiger partial charge is 0.360 e. The van der Waals surface area contributed by atoms with Crippen LogP contribution in [0.5, 0.6) is 0 Å². The van der Waals surface area contributed by atoms with Crippen LogP contribution in [0.2, 0.25) is 5.02 Å². The van der Waals surface area contributed by atoms with Crippen LogP contribution in [0, 0.1) is 17.0 Å². The molecule has 0 fully saturated rings. The van der Waals surface area contributed by atoms with E-state index in [1.165, 1.54) is 17.7 Å². The third kappa shape index (κ3) is 3.96. The van der Waals surface area contributed by atoms with Crippen molar-refractivity contribution < 1.29 is 4.92 Å². The number of para-hydroxylation sites is 1. The third-order valence-electron chi connectivity index (χ3n) is 4.26. The normalized spacial score (nSPS) is 10.8. The van der Waals surface area contributed by atoms with E-state index in [4.69, 9.17) is 11.6 Å². The lowest BCUT2D eigenvalue weighted by atomic mass is 10.2. The van der Waals surface area contributed by atoms with E-state index in [0.29, 0.717) is 10.2 Å². The van der Waals surface area contributed by atoms with Gasteiger partial charge in [0.05, 0.1) is 15.1 Å². The van der Waals surface area contributed by atoms with Crippen LogP contribution >= 0.6 is 22.9 Å². The second-order valence-electron chi connectivity index (χ2n) is 6.19. The summed E-state index contributed by atoms with van der Waals surface area (Å²) >= 11 is 7.56. The number of halogens is 1. The number of aromatic nitrogens is 3. The zero-order valence-corrected chi connectivity index (χ0v) is 16.8. The summed E-state index contributed by atoms with van der Waals surface area (Å²) in [6.45, 7) is 2.26.